The van der Waals surface area contributed by atoms with Crippen LogP contribution in [0.1, 0.15) is 41.8 Å². The summed E-state index contributed by atoms with van der Waals surface area (Å²) in [5.41, 5.74) is 14.5. The van der Waals surface area contributed by atoms with Crippen molar-refractivity contribution in [2.75, 3.05) is 12.8 Å². The Morgan fingerprint density at radius 1 is 1.44 bits per heavy atom. The summed E-state index contributed by atoms with van der Waals surface area (Å²) in [5.74, 6) is -0.472. The molecule has 4 N–H and O–H groups in total. The van der Waals surface area contributed by atoms with Gasteiger partial charge in [0.1, 0.15) is 0 Å². The first-order chi connectivity index (χ1) is 8.36. The standard InChI is InChI=1S/C14H20N2O2/c1-14(2)7-9(18-3)6-8-4-5-10(13(16)17)12(15)11(8)14/h4-5,9H,6-7,15H2,1-3H3,(H2,16,17). The van der Waals surface area contributed by atoms with E-state index in [-0.39, 0.29) is 11.5 Å². The van der Waals surface area contributed by atoms with Crippen molar-refractivity contribution < 1.29 is 9.53 Å². The molecule has 1 aliphatic rings. The minimum absolute atomic E-state index is 0.107. The Balaban J connectivity index is 2.59. The van der Waals surface area contributed by atoms with Crippen LogP contribution >= 0.6 is 0 Å². The van der Waals surface area contributed by atoms with Crippen molar-refractivity contribution >= 4 is 11.6 Å². The van der Waals surface area contributed by atoms with Crippen LogP contribution < -0.4 is 11.5 Å². The highest BCUT2D eigenvalue weighted by Crippen LogP contribution is 2.42. The third-order valence-electron chi connectivity index (χ3n) is 3.79. The Bertz CT molecular complexity index is 495. The lowest BCUT2D eigenvalue weighted by Crippen LogP contribution is -2.35. The number of rotatable bonds is 2. The van der Waals surface area contributed by atoms with Crippen molar-refractivity contribution in [3.63, 3.8) is 0 Å². The summed E-state index contributed by atoms with van der Waals surface area (Å²) in [6, 6.07) is 3.66. The molecule has 0 spiro atoms. The van der Waals surface area contributed by atoms with Gasteiger partial charge in [-0.3, -0.25) is 4.79 Å². The predicted molar refractivity (Wildman–Crippen MR) is 71.5 cm³/mol. The number of benzene rings is 1. The van der Waals surface area contributed by atoms with E-state index in [0.29, 0.717) is 11.3 Å². The maximum Gasteiger partial charge on any atom is 0.250 e. The maximum atomic E-state index is 11.4. The largest absolute Gasteiger partial charge is 0.398 e. The van der Waals surface area contributed by atoms with Crippen molar-refractivity contribution in [3.05, 3.63) is 28.8 Å². The smallest absolute Gasteiger partial charge is 0.250 e. The highest BCUT2D eigenvalue weighted by atomic mass is 16.5. The molecule has 98 valence electrons. The number of ether oxygens (including phenoxy) is 1. The summed E-state index contributed by atoms with van der Waals surface area (Å²) >= 11 is 0. The van der Waals surface area contributed by atoms with Crippen molar-refractivity contribution in [3.8, 4) is 0 Å². The molecule has 1 unspecified atom stereocenters. The van der Waals surface area contributed by atoms with Gasteiger partial charge in [0.2, 0.25) is 0 Å². The number of nitrogens with two attached hydrogens (primary N) is 2. The molecule has 0 aromatic heterocycles. The number of methoxy groups -OCH3 is 1. The van der Waals surface area contributed by atoms with E-state index in [0.717, 1.165) is 24.0 Å². The Hall–Kier alpha value is -1.55. The molecular weight excluding hydrogens is 228 g/mol. The van der Waals surface area contributed by atoms with E-state index in [9.17, 15) is 4.79 Å². The Labute approximate surface area is 107 Å². The summed E-state index contributed by atoms with van der Waals surface area (Å²) in [7, 11) is 1.73. The van der Waals surface area contributed by atoms with Gasteiger partial charge in [-0.2, -0.15) is 0 Å². The molecule has 0 heterocycles. The lowest BCUT2D eigenvalue weighted by Gasteiger charge is -2.38. The van der Waals surface area contributed by atoms with Crippen LogP contribution in [0.2, 0.25) is 0 Å². The van der Waals surface area contributed by atoms with Crippen molar-refractivity contribution in [2.24, 2.45) is 5.73 Å². The topological polar surface area (TPSA) is 78.3 Å². The third-order valence-corrected chi connectivity index (χ3v) is 3.79. The second-order valence-electron chi connectivity index (χ2n) is 5.58. The molecule has 0 saturated heterocycles. The number of anilines is 1. The zero-order valence-electron chi connectivity index (χ0n) is 11.1. The van der Waals surface area contributed by atoms with E-state index in [1.807, 2.05) is 6.07 Å². The second-order valence-corrected chi connectivity index (χ2v) is 5.58. The summed E-state index contributed by atoms with van der Waals surface area (Å²) in [4.78, 5) is 11.4. The molecule has 0 saturated carbocycles. The zero-order chi connectivity index (χ0) is 13.5. The van der Waals surface area contributed by atoms with Crippen molar-refractivity contribution in [1.29, 1.82) is 0 Å². The number of hydrogen-bond acceptors (Lipinski definition) is 3. The predicted octanol–water partition coefficient (Wildman–Crippen LogP) is 1.61. The Kier molecular flexibility index (Phi) is 3.07. The zero-order valence-corrected chi connectivity index (χ0v) is 11.1. The van der Waals surface area contributed by atoms with Crippen molar-refractivity contribution in [2.45, 2.75) is 38.2 Å². The number of carbonyl (C=O) groups excluding carboxylic acids is 1. The van der Waals surface area contributed by atoms with Gasteiger partial charge in [0.05, 0.1) is 11.7 Å². The molecule has 0 aliphatic heterocycles. The fourth-order valence-electron chi connectivity index (χ4n) is 3.00. The summed E-state index contributed by atoms with van der Waals surface area (Å²) < 4.78 is 5.47. The maximum absolute atomic E-state index is 11.4. The summed E-state index contributed by atoms with van der Waals surface area (Å²) in [5, 5.41) is 0. The van der Waals surface area contributed by atoms with Crippen LogP contribution in [0.25, 0.3) is 0 Å². The number of primary amides is 1. The molecule has 1 aromatic rings. The lowest BCUT2D eigenvalue weighted by molar-refractivity contribution is 0.0704. The van der Waals surface area contributed by atoms with Gasteiger partial charge in [0, 0.05) is 12.8 Å². The lowest BCUT2D eigenvalue weighted by atomic mass is 9.70. The van der Waals surface area contributed by atoms with Crippen LogP contribution in [-0.4, -0.2) is 19.1 Å². The van der Waals surface area contributed by atoms with E-state index in [4.69, 9.17) is 16.2 Å². The summed E-state index contributed by atoms with van der Waals surface area (Å²) in [6.45, 7) is 4.25. The molecule has 4 nitrogen and oxygen atoms in total. The van der Waals surface area contributed by atoms with Gasteiger partial charge in [0.25, 0.3) is 5.91 Å². The monoisotopic (exact) mass is 248 g/mol. The van der Waals surface area contributed by atoms with Crippen molar-refractivity contribution in [1.82, 2.24) is 0 Å². The van der Waals surface area contributed by atoms with Gasteiger partial charge < -0.3 is 16.2 Å². The molecule has 1 atom stereocenters. The molecule has 1 aliphatic carbocycles. The van der Waals surface area contributed by atoms with Crippen LogP contribution in [0, 0.1) is 0 Å². The van der Waals surface area contributed by atoms with Gasteiger partial charge >= 0.3 is 0 Å². The van der Waals surface area contributed by atoms with E-state index >= 15 is 0 Å². The van der Waals surface area contributed by atoms with E-state index in [2.05, 4.69) is 13.8 Å². The summed E-state index contributed by atoms with van der Waals surface area (Å²) in [6.07, 6.45) is 1.92. The quantitative estimate of drug-likeness (QED) is 0.780. The number of fused-ring (bicyclic) bond motifs is 1. The van der Waals surface area contributed by atoms with Gasteiger partial charge in [-0.1, -0.05) is 19.9 Å². The van der Waals surface area contributed by atoms with Crippen LogP contribution in [-0.2, 0) is 16.6 Å². The first kappa shape index (κ1) is 12.9. The highest BCUT2D eigenvalue weighted by molar-refractivity contribution is 5.99. The minimum atomic E-state index is -0.472. The molecule has 0 radical (unpaired) electrons. The molecule has 0 bridgehead atoms. The van der Waals surface area contributed by atoms with Crippen LogP contribution in [0.4, 0.5) is 5.69 Å². The molecular formula is C14H20N2O2. The van der Waals surface area contributed by atoms with Gasteiger partial charge in [0.15, 0.2) is 0 Å². The SMILES string of the molecule is COC1Cc2ccc(C(N)=O)c(N)c2C(C)(C)C1. The van der Waals surface area contributed by atoms with Crippen LogP contribution in [0.3, 0.4) is 0 Å². The number of amides is 1. The third kappa shape index (κ3) is 1.97. The molecule has 1 aromatic carbocycles. The molecule has 2 rings (SSSR count). The highest BCUT2D eigenvalue weighted by Gasteiger charge is 2.35. The fraction of sp³-hybridized carbons (Fsp3) is 0.500. The first-order valence-electron chi connectivity index (χ1n) is 6.11. The second kappa shape index (κ2) is 4.28. The Morgan fingerprint density at radius 2 is 2.11 bits per heavy atom. The fourth-order valence-corrected chi connectivity index (χ4v) is 3.00. The molecule has 1 amide bonds. The number of hydrogen-bond donors (Lipinski definition) is 2. The van der Waals surface area contributed by atoms with Crippen LogP contribution in [0.5, 0.6) is 0 Å². The molecule has 18 heavy (non-hydrogen) atoms. The van der Waals surface area contributed by atoms with E-state index in [1.165, 1.54) is 0 Å². The molecule has 0 fully saturated rings. The normalized spacial score (nSPS) is 21.4. The number of nitrogen functional groups attached to an aromatic ring is 1. The van der Waals surface area contributed by atoms with E-state index in [1.54, 1.807) is 13.2 Å². The average Bonchev–Trinajstić information content (AvgIpc) is 2.26. The van der Waals surface area contributed by atoms with Gasteiger partial charge in [-0.15, -0.1) is 0 Å². The average molecular weight is 248 g/mol. The number of carbonyl (C=O) groups is 1. The molecule has 4 heteroatoms. The van der Waals surface area contributed by atoms with Gasteiger partial charge in [-0.25, -0.2) is 0 Å². The van der Waals surface area contributed by atoms with E-state index < -0.39 is 5.91 Å². The van der Waals surface area contributed by atoms with Crippen LogP contribution in [0.15, 0.2) is 12.1 Å². The first-order valence-corrected chi connectivity index (χ1v) is 6.11. The minimum Gasteiger partial charge on any atom is -0.398 e. The Morgan fingerprint density at radius 3 is 2.67 bits per heavy atom. The van der Waals surface area contributed by atoms with Gasteiger partial charge in [-0.05, 0) is 35.4 Å².